The molecule has 0 spiro atoms. The van der Waals surface area contributed by atoms with E-state index in [1.807, 2.05) is 31.4 Å². The molecule has 5 heteroatoms. The Bertz CT molecular complexity index is 650. The molecule has 0 saturated carbocycles. The molecular weight excluding hydrogens is 252 g/mol. The Hall–Kier alpha value is -2.74. The van der Waals surface area contributed by atoms with Gasteiger partial charge in [0, 0.05) is 38.1 Å². The maximum absolute atomic E-state index is 11.4. The molecule has 0 unspecified atom stereocenters. The van der Waals surface area contributed by atoms with E-state index in [1.165, 1.54) is 0 Å². The first-order valence-electron chi connectivity index (χ1n) is 6.25. The zero-order chi connectivity index (χ0) is 14.5. The van der Waals surface area contributed by atoms with Crippen LogP contribution >= 0.6 is 0 Å². The smallest absolute Gasteiger partial charge is 0.251 e. The first kappa shape index (κ1) is 13.7. The number of hydrogen-bond donors (Lipinski definition) is 2. The molecule has 0 fully saturated rings. The lowest BCUT2D eigenvalue weighted by molar-refractivity contribution is 0.0963. The minimum atomic E-state index is -0.0988. The van der Waals surface area contributed by atoms with Gasteiger partial charge in [-0.25, -0.2) is 0 Å². The average Bonchev–Trinajstić information content (AvgIpc) is 2.85. The van der Waals surface area contributed by atoms with Crippen LogP contribution in [0.3, 0.4) is 0 Å². The number of nitrogens with one attached hydrogen (secondary N) is 2. The Kier molecular flexibility index (Phi) is 4.06. The lowest BCUT2D eigenvalue weighted by Crippen LogP contribution is -2.17. The lowest BCUT2D eigenvalue weighted by atomic mass is 10.2. The van der Waals surface area contributed by atoms with E-state index in [-0.39, 0.29) is 5.91 Å². The molecular formula is C15H16N4O. The third kappa shape index (κ3) is 2.98. The average molecular weight is 268 g/mol. The van der Waals surface area contributed by atoms with Gasteiger partial charge < -0.3 is 15.2 Å². The van der Waals surface area contributed by atoms with Crippen molar-refractivity contribution in [1.82, 2.24) is 9.88 Å². The van der Waals surface area contributed by atoms with Gasteiger partial charge in [-0.05, 0) is 35.9 Å². The molecule has 0 aliphatic carbocycles. The molecule has 1 heterocycles. The summed E-state index contributed by atoms with van der Waals surface area (Å²) in [7, 11) is 3.46. The van der Waals surface area contributed by atoms with Crippen LogP contribution in [0.2, 0.25) is 0 Å². The molecule has 0 bridgehead atoms. The number of aryl methyl sites for hydroxylation is 1. The van der Waals surface area contributed by atoms with Crippen LogP contribution in [0.5, 0.6) is 0 Å². The first-order valence-corrected chi connectivity index (χ1v) is 6.25. The van der Waals surface area contributed by atoms with Crippen LogP contribution < -0.4 is 10.6 Å². The summed E-state index contributed by atoms with van der Waals surface area (Å²) in [4.78, 5) is 11.4. The molecule has 1 amide bonds. The largest absolute Gasteiger partial charge is 0.381 e. The Morgan fingerprint density at radius 1 is 1.35 bits per heavy atom. The molecule has 0 saturated heterocycles. The summed E-state index contributed by atoms with van der Waals surface area (Å²) in [5.41, 5.74) is 3.24. The van der Waals surface area contributed by atoms with Crippen molar-refractivity contribution in [3.8, 4) is 6.07 Å². The van der Waals surface area contributed by atoms with E-state index in [0.717, 1.165) is 11.3 Å². The van der Waals surface area contributed by atoms with Crippen molar-refractivity contribution in [3.63, 3.8) is 0 Å². The monoisotopic (exact) mass is 268 g/mol. The summed E-state index contributed by atoms with van der Waals surface area (Å²) in [5.74, 6) is -0.0988. The third-order valence-electron chi connectivity index (χ3n) is 3.05. The molecule has 102 valence electrons. The van der Waals surface area contributed by atoms with Gasteiger partial charge in [-0.2, -0.15) is 5.26 Å². The third-order valence-corrected chi connectivity index (χ3v) is 3.05. The van der Waals surface area contributed by atoms with Crippen molar-refractivity contribution in [3.05, 3.63) is 53.3 Å². The van der Waals surface area contributed by atoms with Gasteiger partial charge in [0.25, 0.3) is 5.91 Å². The second kappa shape index (κ2) is 5.93. The Morgan fingerprint density at radius 2 is 2.05 bits per heavy atom. The number of nitrogens with zero attached hydrogens (tertiary/aromatic N) is 2. The van der Waals surface area contributed by atoms with Crippen LogP contribution in [0.25, 0.3) is 0 Å². The summed E-state index contributed by atoms with van der Waals surface area (Å²) in [6.07, 6.45) is 1.92. The predicted molar refractivity (Wildman–Crippen MR) is 77.3 cm³/mol. The van der Waals surface area contributed by atoms with Crippen molar-refractivity contribution < 1.29 is 4.79 Å². The van der Waals surface area contributed by atoms with Crippen molar-refractivity contribution in [2.45, 2.75) is 6.54 Å². The highest BCUT2D eigenvalue weighted by Crippen LogP contribution is 2.12. The minimum absolute atomic E-state index is 0.0988. The van der Waals surface area contributed by atoms with E-state index in [9.17, 15) is 4.79 Å². The van der Waals surface area contributed by atoms with E-state index < -0.39 is 0 Å². The predicted octanol–water partition coefficient (Wildman–Crippen LogP) is 1.87. The zero-order valence-electron chi connectivity index (χ0n) is 11.5. The van der Waals surface area contributed by atoms with Gasteiger partial charge >= 0.3 is 0 Å². The number of rotatable bonds is 4. The quantitative estimate of drug-likeness (QED) is 0.889. The summed E-state index contributed by atoms with van der Waals surface area (Å²) >= 11 is 0. The van der Waals surface area contributed by atoms with E-state index in [1.54, 1.807) is 23.7 Å². The maximum Gasteiger partial charge on any atom is 0.251 e. The normalized spacial score (nSPS) is 9.85. The van der Waals surface area contributed by atoms with Crippen molar-refractivity contribution >= 4 is 11.6 Å². The lowest BCUT2D eigenvalue weighted by Gasteiger charge is -2.06. The summed E-state index contributed by atoms with van der Waals surface area (Å²) < 4.78 is 1.80. The summed E-state index contributed by atoms with van der Waals surface area (Å²) in [5, 5.41) is 14.7. The van der Waals surface area contributed by atoms with E-state index >= 15 is 0 Å². The molecule has 0 atom stereocenters. The number of benzene rings is 1. The topological polar surface area (TPSA) is 69.8 Å². The summed E-state index contributed by atoms with van der Waals surface area (Å²) in [6.45, 7) is 0.634. The fourth-order valence-corrected chi connectivity index (χ4v) is 1.93. The van der Waals surface area contributed by atoms with Crippen molar-refractivity contribution in [1.29, 1.82) is 5.26 Å². The molecule has 2 N–H and O–H groups in total. The van der Waals surface area contributed by atoms with Crippen LogP contribution in [-0.4, -0.2) is 17.5 Å². The van der Waals surface area contributed by atoms with Crippen molar-refractivity contribution in [2.24, 2.45) is 7.05 Å². The number of aromatic nitrogens is 1. The molecule has 20 heavy (non-hydrogen) atoms. The Labute approximate surface area is 117 Å². The fourth-order valence-electron chi connectivity index (χ4n) is 1.93. The minimum Gasteiger partial charge on any atom is -0.381 e. The highest BCUT2D eigenvalue weighted by Gasteiger charge is 2.04. The van der Waals surface area contributed by atoms with Gasteiger partial charge in [-0.3, -0.25) is 4.79 Å². The van der Waals surface area contributed by atoms with Crippen LogP contribution in [0.1, 0.15) is 21.6 Å². The Morgan fingerprint density at radius 3 is 2.60 bits per heavy atom. The second-order valence-corrected chi connectivity index (χ2v) is 4.47. The van der Waals surface area contributed by atoms with E-state index in [0.29, 0.717) is 17.8 Å². The molecule has 2 aromatic rings. The molecule has 0 aliphatic rings. The molecule has 1 aromatic heterocycles. The van der Waals surface area contributed by atoms with Crippen molar-refractivity contribution in [2.75, 3.05) is 12.4 Å². The molecule has 5 nitrogen and oxygen atoms in total. The van der Waals surface area contributed by atoms with Gasteiger partial charge in [0.05, 0.1) is 0 Å². The molecule has 0 radical (unpaired) electrons. The van der Waals surface area contributed by atoms with Gasteiger partial charge in [-0.15, -0.1) is 0 Å². The molecule has 2 rings (SSSR count). The van der Waals surface area contributed by atoms with Gasteiger partial charge in [-0.1, -0.05) is 0 Å². The second-order valence-electron chi connectivity index (χ2n) is 4.47. The van der Waals surface area contributed by atoms with Gasteiger partial charge in [0.2, 0.25) is 0 Å². The van der Waals surface area contributed by atoms with Crippen LogP contribution in [0.4, 0.5) is 5.69 Å². The standard InChI is InChI=1S/C15H16N4O/c1-17-15(20)12-3-5-13(6-4-12)18-9-11-7-14(8-16)19(2)10-11/h3-7,10,18H,9H2,1-2H3,(H,17,20). The molecule has 1 aromatic carbocycles. The highest BCUT2D eigenvalue weighted by molar-refractivity contribution is 5.94. The summed E-state index contributed by atoms with van der Waals surface area (Å²) in [6, 6.07) is 11.2. The van der Waals surface area contributed by atoms with E-state index in [4.69, 9.17) is 5.26 Å². The molecule has 0 aliphatic heterocycles. The Balaban J connectivity index is 2.00. The first-order chi connectivity index (χ1) is 9.63. The fraction of sp³-hybridized carbons (Fsp3) is 0.200. The van der Waals surface area contributed by atoms with Crippen LogP contribution in [0.15, 0.2) is 36.5 Å². The van der Waals surface area contributed by atoms with Gasteiger partial charge in [0.1, 0.15) is 11.8 Å². The number of nitriles is 1. The maximum atomic E-state index is 11.4. The zero-order valence-corrected chi connectivity index (χ0v) is 11.5. The van der Waals surface area contributed by atoms with Gasteiger partial charge in [0.15, 0.2) is 0 Å². The van der Waals surface area contributed by atoms with Crippen LogP contribution in [-0.2, 0) is 13.6 Å². The van der Waals surface area contributed by atoms with E-state index in [2.05, 4.69) is 16.7 Å². The SMILES string of the molecule is CNC(=O)c1ccc(NCc2cc(C#N)n(C)c2)cc1. The number of amides is 1. The number of carbonyl (C=O) groups excluding carboxylic acids is 1. The number of carbonyl (C=O) groups is 1. The highest BCUT2D eigenvalue weighted by atomic mass is 16.1. The van der Waals surface area contributed by atoms with Crippen LogP contribution in [0, 0.1) is 11.3 Å². The number of hydrogen-bond acceptors (Lipinski definition) is 3. The number of anilines is 1.